The average molecular weight is 309 g/mol. The van der Waals surface area contributed by atoms with E-state index in [0.717, 1.165) is 21.2 Å². The van der Waals surface area contributed by atoms with Gasteiger partial charge in [0.25, 0.3) is 0 Å². The molecule has 0 N–H and O–H groups in total. The third-order valence-corrected chi connectivity index (χ3v) is 4.28. The van der Waals surface area contributed by atoms with Gasteiger partial charge in [0, 0.05) is 30.2 Å². The summed E-state index contributed by atoms with van der Waals surface area (Å²) in [6, 6.07) is 7.74. The maximum Gasteiger partial charge on any atom is 0.223 e. The number of hydrogen-bond donors (Lipinski definition) is 0. The van der Waals surface area contributed by atoms with Crippen LogP contribution in [0.25, 0.3) is 0 Å². The van der Waals surface area contributed by atoms with Crippen LogP contribution in [-0.2, 0) is 17.8 Å². The molecular weight excluding hydrogens is 292 g/mol. The van der Waals surface area contributed by atoms with Crippen molar-refractivity contribution in [2.24, 2.45) is 0 Å². The zero-order valence-electron chi connectivity index (χ0n) is 11.4. The SMILES string of the molecule is CCN(Cc1ccc(Cl)s1)C(=O)CCc1cccnc1. The van der Waals surface area contributed by atoms with Crippen LogP contribution in [0.3, 0.4) is 0 Å². The quantitative estimate of drug-likeness (QED) is 0.813. The van der Waals surface area contributed by atoms with Gasteiger partial charge >= 0.3 is 0 Å². The topological polar surface area (TPSA) is 33.2 Å². The maximum atomic E-state index is 12.2. The number of amides is 1. The molecule has 0 saturated heterocycles. The Labute approximate surface area is 128 Å². The minimum atomic E-state index is 0.167. The summed E-state index contributed by atoms with van der Waals surface area (Å²) in [5.74, 6) is 0.167. The van der Waals surface area contributed by atoms with E-state index in [4.69, 9.17) is 11.6 Å². The van der Waals surface area contributed by atoms with Crippen LogP contribution in [0.4, 0.5) is 0 Å². The fourth-order valence-electron chi connectivity index (χ4n) is 1.96. The Kier molecular flexibility index (Phi) is 5.56. The predicted molar refractivity (Wildman–Crippen MR) is 83.0 cm³/mol. The largest absolute Gasteiger partial charge is 0.338 e. The second-order valence-electron chi connectivity index (χ2n) is 4.48. The Morgan fingerprint density at radius 1 is 1.40 bits per heavy atom. The molecular formula is C15H17ClN2OS. The average Bonchev–Trinajstić information content (AvgIpc) is 2.88. The molecule has 0 saturated carbocycles. The molecule has 2 aromatic heterocycles. The number of aromatic nitrogens is 1. The summed E-state index contributed by atoms with van der Waals surface area (Å²) < 4.78 is 0.763. The molecule has 0 radical (unpaired) electrons. The van der Waals surface area contributed by atoms with Crippen molar-refractivity contribution < 1.29 is 4.79 Å². The Morgan fingerprint density at radius 2 is 2.25 bits per heavy atom. The minimum absolute atomic E-state index is 0.167. The minimum Gasteiger partial charge on any atom is -0.338 e. The van der Waals surface area contributed by atoms with Gasteiger partial charge < -0.3 is 4.90 Å². The molecule has 0 aliphatic heterocycles. The molecule has 0 bridgehead atoms. The molecule has 0 aliphatic carbocycles. The first kappa shape index (κ1) is 15.0. The summed E-state index contributed by atoms with van der Waals surface area (Å²) in [7, 11) is 0. The van der Waals surface area contributed by atoms with Crippen molar-refractivity contribution >= 4 is 28.8 Å². The van der Waals surface area contributed by atoms with Crippen LogP contribution >= 0.6 is 22.9 Å². The number of rotatable bonds is 6. The first-order valence-corrected chi connectivity index (χ1v) is 7.79. The van der Waals surface area contributed by atoms with Crippen molar-refractivity contribution in [1.82, 2.24) is 9.88 Å². The summed E-state index contributed by atoms with van der Waals surface area (Å²) >= 11 is 7.44. The number of carbonyl (C=O) groups excluding carboxylic acids is 1. The zero-order valence-corrected chi connectivity index (χ0v) is 13.0. The Hall–Kier alpha value is -1.39. The highest BCUT2D eigenvalue weighted by Crippen LogP contribution is 2.23. The van der Waals surface area contributed by atoms with E-state index in [1.807, 2.05) is 42.3 Å². The Balaban J connectivity index is 1.89. The van der Waals surface area contributed by atoms with E-state index in [9.17, 15) is 4.79 Å². The van der Waals surface area contributed by atoms with Crippen LogP contribution in [0, 0.1) is 0 Å². The van der Waals surface area contributed by atoms with E-state index >= 15 is 0 Å². The van der Waals surface area contributed by atoms with Gasteiger partial charge in [0.2, 0.25) is 5.91 Å². The lowest BCUT2D eigenvalue weighted by Crippen LogP contribution is -2.30. The monoisotopic (exact) mass is 308 g/mol. The molecule has 2 heterocycles. The molecule has 0 aliphatic rings. The highest BCUT2D eigenvalue weighted by molar-refractivity contribution is 7.16. The smallest absolute Gasteiger partial charge is 0.223 e. The van der Waals surface area contributed by atoms with Gasteiger partial charge in [0.1, 0.15) is 0 Å². The normalized spacial score (nSPS) is 10.5. The first-order chi connectivity index (χ1) is 9.69. The van der Waals surface area contributed by atoms with Crippen LogP contribution in [0.5, 0.6) is 0 Å². The zero-order chi connectivity index (χ0) is 14.4. The van der Waals surface area contributed by atoms with E-state index in [1.54, 1.807) is 6.20 Å². The molecule has 20 heavy (non-hydrogen) atoms. The molecule has 0 atom stereocenters. The van der Waals surface area contributed by atoms with E-state index in [-0.39, 0.29) is 5.91 Å². The molecule has 2 aromatic rings. The molecule has 0 spiro atoms. The first-order valence-electron chi connectivity index (χ1n) is 6.60. The third kappa shape index (κ3) is 4.32. The number of nitrogens with zero attached hydrogens (tertiary/aromatic N) is 2. The molecule has 2 rings (SSSR count). The summed E-state index contributed by atoms with van der Waals surface area (Å²) in [6.45, 7) is 3.35. The van der Waals surface area contributed by atoms with Gasteiger partial charge in [-0.1, -0.05) is 17.7 Å². The van der Waals surface area contributed by atoms with E-state index in [1.165, 1.54) is 11.3 Å². The molecule has 3 nitrogen and oxygen atoms in total. The molecule has 0 aromatic carbocycles. The summed E-state index contributed by atoms with van der Waals surface area (Å²) in [6.07, 6.45) is 4.79. The Bertz CT molecular complexity index is 556. The van der Waals surface area contributed by atoms with Crippen molar-refractivity contribution in [1.29, 1.82) is 0 Å². The summed E-state index contributed by atoms with van der Waals surface area (Å²) in [5, 5.41) is 0. The predicted octanol–water partition coefficient (Wildman–Crippen LogP) is 3.78. The standard InChI is InChI=1S/C15H17ClN2OS/c1-2-18(11-13-6-7-14(16)20-13)15(19)8-5-12-4-3-9-17-10-12/h3-4,6-7,9-10H,2,5,8,11H2,1H3. The number of carbonyl (C=O) groups is 1. The lowest BCUT2D eigenvalue weighted by molar-refractivity contribution is -0.131. The molecule has 106 valence electrons. The van der Waals surface area contributed by atoms with Crippen LogP contribution < -0.4 is 0 Å². The summed E-state index contributed by atoms with van der Waals surface area (Å²) in [4.78, 5) is 19.3. The van der Waals surface area contributed by atoms with E-state index < -0.39 is 0 Å². The van der Waals surface area contributed by atoms with Gasteiger partial charge in [-0.05, 0) is 37.1 Å². The van der Waals surface area contributed by atoms with Crippen LogP contribution in [0.2, 0.25) is 4.34 Å². The van der Waals surface area contributed by atoms with Crippen molar-refractivity contribution in [3.63, 3.8) is 0 Å². The number of hydrogen-bond acceptors (Lipinski definition) is 3. The van der Waals surface area contributed by atoms with Gasteiger partial charge in [-0.15, -0.1) is 11.3 Å². The number of halogens is 1. The van der Waals surface area contributed by atoms with Crippen LogP contribution in [0.1, 0.15) is 23.8 Å². The maximum absolute atomic E-state index is 12.2. The van der Waals surface area contributed by atoms with Crippen molar-refractivity contribution in [3.8, 4) is 0 Å². The number of aryl methyl sites for hydroxylation is 1. The van der Waals surface area contributed by atoms with Crippen LogP contribution in [-0.4, -0.2) is 22.3 Å². The van der Waals surface area contributed by atoms with Crippen molar-refractivity contribution in [2.75, 3.05) is 6.54 Å². The lowest BCUT2D eigenvalue weighted by Gasteiger charge is -2.20. The highest BCUT2D eigenvalue weighted by Gasteiger charge is 2.13. The molecule has 5 heteroatoms. The van der Waals surface area contributed by atoms with Crippen molar-refractivity contribution in [3.05, 3.63) is 51.4 Å². The highest BCUT2D eigenvalue weighted by atomic mass is 35.5. The fourth-order valence-corrected chi connectivity index (χ4v) is 3.06. The van der Waals surface area contributed by atoms with Crippen molar-refractivity contribution in [2.45, 2.75) is 26.3 Å². The third-order valence-electron chi connectivity index (χ3n) is 3.06. The Morgan fingerprint density at radius 3 is 2.85 bits per heavy atom. The van der Waals surface area contributed by atoms with E-state index in [2.05, 4.69) is 4.98 Å². The van der Waals surface area contributed by atoms with Crippen LogP contribution in [0.15, 0.2) is 36.7 Å². The van der Waals surface area contributed by atoms with Gasteiger partial charge in [-0.25, -0.2) is 0 Å². The molecule has 0 unspecified atom stereocenters. The number of pyridine rings is 1. The second kappa shape index (κ2) is 7.41. The molecule has 0 fully saturated rings. The van der Waals surface area contributed by atoms with Gasteiger partial charge in [-0.2, -0.15) is 0 Å². The van der Waals surface area contributed by atoms with Gasteiger partial charge in [0.05, 0.1) is 10.9 Å². The second-order valence-corrected chi connectivity index (χ2v) is 6.27. The number of thiophene rings is 1. The van der Waals surface area contributed by atoms with E-state index in [0.29, 0.717) is 19.5 Å². The summed E-state index contributed by atoms with van der Waals surface area (Å²) in [5.41, 5.74) is 1.09. The van der Waals surface area contributed by atoms with Gasteiger partial charge in [-0.3, -0.25) is 9.78 Å². The lowest BCUT2D eigenvalue weighted by atomic mass is 10.1. The van der Waals surface area contributed by atoms with Gasteiger partial charge in [0.15, 0.2) is 0 Å². The molecule has 1 amide bonds. The fraction of sp³-hybridized carbons (Fsp3) is 0.333.